The molecule has 0 heterocycles. The van der Waals surface area contributed by atoms with Crippen LogP contribution in [0.15, 0.2) is 18.2 Å². The van der Waals surface area contributed by atoms with Crippen LogP contribution in [0.5, 0.6) is 0 Å². The summed E-state index contributed by atoms with van der Waals surface area (Å²) in [7, 11) is -3.12. The van der Waals surface area contributed by atoms with Gasteiger partial charge in [0.25, 0.3) is 0 Å². The van der Waals surface area contributed by atoms with Gasteiger partial charge in [-0.3, -0.25) is 4.52 Å². The number of aliphatic hydroxyl groups is 1. The van der Waals surface area contributed by atoms with E-state index in [1.54, 1.807) is 13.0 Å². The van der Waals surface area contributed by atoms with Crippen LogP contribution in [-0.4, -0.2) is 64.8 Å². The first kappa shape index (κ1) is 23.8. The summed E-state index contributed by atoms with van der Waals surface area (Å²) in [5, 5.41) is 12.1. The molecule has 0 aliphatic rings. The minimum absolute atomic E-state index is 0.0474. The van der Waals surface area contributed by atoms with E-state index in [1.807, 2.05) is 0 Å². The second-order valence-electron chi connectivity index (χ2n) is 5.81. The molecule has 0 saturated carbocycles. The first-order valence-corrected chi connectivity index (χ1v) is 9.81. The molecule has 1 aromatic carbocycles. The molecule has 0 radical (unpaired) electrons. The fourth-order valence-electron chi connectivity index (χ4n) is 1.90. The fourth-order valence-corrected chi connectivity index (χ4v) is 2.46. The van der Waals surface area contributed by atoms with Crippen molar-refractivity contribution in [2.75, 3.05) is 26.9 Å². The second kappa shape index (κ2) is 10.9. The number of nitrogens with zero attached hydrogens (tertiary/aromatic N) is 1. The number of phosphoric ester groups is 1. The number of amides is 2. The van der Waals surface area contributed by atoms with E-state index in [4.69, 9.17) is 26.1 Å². The normalized spacial score (nSPS) is 13.9. The molecule has 0 fully saturated rings. The predicted octanol–water partition coefficient (Wildman–Crippen LogP) is 1.50. The Morgan fingerprint density at radius 1 is 1.37 bits per heavy atom. The molecule has 0 spiro atoms. The van der Waals surface area contributed by atoms with E-state index in [0.29, 0.717) is 5.56 Å². The average molecular weight is 429 g/mol. The van der Waals surface area contributed by atoms with Gasteiger partial charge < -0.3 is 29.8 Å². The Labute approximate surface area is 161 Å². The number of rotatable bonds is 10. The SMILES string of the molecule is CC(COCC(O)COP(=O)(O)O)N(C)C(=O)NCc1cccc(F)c1Cl. The minimum Gasteiger partial charge on any atom is -0.388 e. The van der Waals surface area contributed by atoms with E-state index in [2.05, 4.69) is 9.84 Å². The van der Waals surface area contributed by atoms with Crippen LogP contribution >= 0.6 is 19.4 Å². The third-order valence-corrected chi connectivity index (χ3v) is 4.46. The molecule has 0 aliphatic heterocycles. The number of carbonyl (C=O) groups is 1. The Bertz CT molecular complexity index is 676. The van der Waals surface area contributed by atoms with Gasteiger partial charge in [0.05, 0.1) is 30.9 Å². The van der Waals surface area contributed by atoms with Crippen molar-refractivity contribution in [2.45, 2.75) is 25.6 Å². The maximum atomic E-state index is 13.4. The average Bonchev–Trinajstić information content (AvgIpc) is 2.59. The summed E-state index contributed by atoms with van der Waals surface area (Å²) < 4.78 is 33.3. The Morgan fingerprint density at radius 3 is 2.67 bits per heavy atom. The molecule has 2 amide bonds. The summed E-state index contributed by atoms with van der Waals surface area (Å²) in [4.78, 5) is 30.6. The highest BCUT2D eigenvalue weighted by Crippen LogP contribution is 2.35. The maximum Gasteiger partial charge on any atom is 0.469 e. The number of halogens is 2. The summed E-state index contributed by atoms with van der Waals surface area (Å²) in [6, 6.07) is 3.50. The Balaban J connectivity index is 2.35. The third-order valence-electron chi connectivity index (χ3n) is 3.55. The molecule has 12 heteroatoms. The van der Waals surface area contributed by atoms with Crippen LogP contribution in [0.1, 0.15) is 12.5 Å². The topological polar surface area (TPSA) is 129 Å². The van der Waals surface area contributed by atoms with E-state index in [9.17, 15) is 18.9 Å². The smallest absolute Gasteiger partial charge is 0.388 e. The molecule has 1 rings (SSSR count). The Hall–Kier alpha value is -1.26. The number of aliphatic hydroxyl groups excluding tert-OH is 1. The van der Waals surface area contributed by atoms with Crippen molar-refractivity contribution >= 4 is 25.5 Å². The van der Waals surface area contributed by atoms with Crippen LogP contribution in [0.25, 0.3) is 0 Å². The summed E-state index contributed by atoms with van der Waals surface area (Å²) >= 11 is 5.83. The first-order valence-electron chi connectivity index (χ1n) is 7.90. The predicted molar refractivity (Wildman–Crippen MR) is 95.7 cm³/mol. The number of ether oxygens (including phenoxy) is 1. The van der Waals surface area contributed by atoms with Crippen LogP contribution in [0, 0.1) is 5.82 Å². The molecule has 154 valence electrons. The van der Waals surface area contributed by atoms with Crippen LogP contribution < -0.4 is 5.32 Å². The Kier molecular flexibility index (Phi) is 9.61. The first-order chi connectivity index (χ1) is 12.5. The third kappa shape index (κ3) is 8.98. The van der Waals surface area contributed by atoms with Gasteiger partial charge in [-0.15, -0.1) is 0 Å². The number of nitrogens with one attached hydrogen (secondary N) is 1. The van der Waals surface area contributed by atoms with Gasteiger partial charge in [0, 0.05) is 13.6 Å². The zero-order valence-corrected chi connectivity index (χ0v) is 16.5. The summed E-state index contributed by atoms with van der Waals surface area (Å²) in [5.74, 6) is -0.570. The van der Waals surface area contributed by atoms with Crippen molar-refractivity contribution in [1.82, 2.24) is 10.2 Å². The number of hydrogen-bond donors (Lipinski definition) is 4. The lowest BCUT2D eigenvalue weighted by molar-refractivity contribution is -0.00576. The second-order valence-corrected chi connectivity index (χ2v) is 7.43. The molecular weight excluding hydrogens is 406 g/mol. The molecule has 0 aromatic heterocycles. The van der Waals surface area contributed by atoms with Gasteiger partial charge >= 0.3 is 13.9 Å². The van der Waals surface area contributed by atoms with Gasteiger partial charge in [-0.25, -0.2) is 13.8 Å². The molecule has 2 unspecified atom stereocenters. The van der Waals surface area contributed by atoms with Crippen LogP contribution in [0.3, 0.4) is 0 Å². The van der Waals surface area contributed by atoms with Crippen molar-refractivity contribution in [3.63, 3.8) is 0 Å². The fraction of sp³-hybridized carbons (Fsp3) is 0.533. The zero-order valence-electron chi connectivity index (χ0n) is 14.8. The molecule has 0 aliphatic carbocycles. The molecule has 27 heavy (non-hydrogen) atoms. The highest BCUT2D eigenvalue weighted by molar-refractivity contribution is 7.46. The van der Waals surface area contributed by atoms with Gasteiger partial charge in [0.2, 0.25) is 0 Å². The van der Waals surface area contributed by atoms with E-state index in [-0.39, 0.29) is 30.8 Å². The zero-order chi connectivity index (χ0) is 20.6. The largest absolute Gasteiger partial charge is 0.469 e. The Morgan fingerprint density at radius 2 is 2.04 bits per heavy atom. The number of benzene rings is 1. The molecule has 0 saturated heterocycles. The number of hydrogen-bond acceptors (Lipinski definition) is 5. The summed E-state index contributed by atoms with van der Waals surface area (Å²) in [5.41, 5.74) is 0.440. The van der Waals surface area contributed by atoms with Crippen LogP contribution in [-0.2, 0) is 20.4 Å². The van der Waals surface area contributed by atoms with Crippen molar-refractivity contribution in [1.29, 1.82) is 0 Å². The number of urea groups is 1. The standard InChI is InChI=1S/C15H23ClFN2O7P/c1-10(7-25-8-12(20)9-26-27(22,23)24)19(2)15(21)18-6-11-4-3-5-13(17)14(11)16/h3-5,10,12,20H,6-9H2,1-2H3,(H,18,21)(H2,22,23,24). The van der Waals surface area contributed by atoms with Crippen molar-refractivity contribution in [2.24, 2.45) is 0 Å². The van der Waals surface area contributed by atoms with Gasteiger partial charge in [0.15, 0.2) is 0 Å². The lowest BCUT2D eigenvalue weighted by atomic mass is 10.2. The summed E-state index contributed by atoms with van der Waals surface area (Å²) in [6.45, 7) is 1.01. The highest BCUT2D eigenvalue weighted by atomic mass is 35.5. The molecule has 0 bridgehead atoms. The van der Waals surface area contributed by atoms with Gasteiger partial charge in [0.1, 0.15) is 11.9 Å². The van der Waals surface area contributed by atoms with E-state index in [0.717, 1.165) is 0 Å². The number of phosphoric acid groups is 1. The molecule has 2 atom stereocenters. The summed E-state index contributed by atoms with van der Waals surface area (Å²) in [6.07, 6.45) is -1.22. The van der Waals surface area contributed by atoms with Crippen LogP contribution in [0.4, 0.5) is 9.18 Å². The highest BCUT2D eigenvalue weighted by Gasteiger charge is 2.19. The number of likely N-dealkylation sites (N-methyl/N-ethyl adjacent to an activating group) is 1. The van der Waals surface area contributed by atoms with E-state index in [1.165, 1.54) is 24.1 Å². The lowest BCUT2D eigenvalue weighted by Crippen LogP contribution is -2.44. The van der Waals surface area contributed by atoms with Gasteiger partial charge in [-0.05, 0) is 18.6 Å². The van der Waals surface area contributed by atoms with Crippen molar-refractivity contribution in [3.05, 3.63) is 34.6 Å². The molecular formula is C15H23ClFN2O7P. The van der Waals surface area contributed by atoms with Crippen molar-refractivity contribution < 1.29 is 37.9 Å². The monoisotopic (exact) mass is 428 g/mol. The van der Waals surface area contributed by atoms with Gasteiger partial charge in [-0.1, -0.05) is 23.7 Å². The molecule has 9 nitrogen and oxygen atoms in total. The maximum absolute atomic E-state index is 13.4. The van der Waals surface area contributed by atoms with E-state index < -0.39 is 32.4 Å². The quantitative estimate of drug-likeness (QED) is 0.416. The van der Waals surface area contributed by atoms with Gasteiger partial charge in [-0.2, -0.15) is 0 Å². The van der Waals surface area contributed by atoms with E-state index >= 15 is 0 Å². The molecule has 4 N–H and O–H groups in total. The van der Waals surface area contributed by atoms with Crippen LogP contribution in [0.2, 0.25) is 5.02 Å². The molecule has 1 aromatic rings. The number of carbonyl (C=O) groups excluding carboxylic acids is 1. The minimum atomic E-state index is -4.65. The van der Waals surface area contributed by atoms with Crippen molar-refractivity contribution in [3.8, 4) is 0 Å². The lowest BCUT2D eigenvalue weighted by Gasteiger charge is -2.25.